The molecule has 414 valence electrons. The first-order chi connectivity index (χ1) is 34.3. The normalized spacial score (nSPS) is 13.1. The number of esters is 2. The zero-order valence-corrected chi connectivity index (χ0v) is 47.2. The van der Waals surface area contributed by atoms with Crippen molar-refractivity contribution >= 4 is 19.8 Å². The van der Waals surface area contributed by atoms with Crippen LogP contribution in [0.15, 0.2) is 24.3 Å². The molecule has 0 fully saturated rings. The van der Waals surface area contributed by atoms with Crippen LogP contribution in [0, 0.1) is 0 Å². The highest BCUT2D eigenvalue weighted by Crippen LogP contribution is 2.43. The number of unbranched alkanes of at least 4 members (excludes halogenated alkanes) is 41. The minimum atomic E-state index is -4.38. The van der Waals surface area contributed by atoms with E-state index in [0.717, 1.165) is 64.2 Å². The van der Waals surface area contributed by atoms with Crippen molar-refractivity contribution in [1.82, 2.24) is 0 Å². The van der Waals surface area contributed by atoms with Gasteiger partial charge in [-0.3, -0.25) is 18.6 Å². The van der Waals surface area contributed by atoms with Crippen LogP contribution in [0.5, 0.6) is 0 Å². The highest BCUT2D eigenvalue weighted by Gasteiger charge is 2.26. The summed E-state index contributed by atoms with van der Waals surface area (Å²) in [6.07, 6.45) is 67.1. The van der Waals surface area contributed by atoms with Crippen LogP contribution in [-0.4, -0.2) is 49.3 Å². The number of phosphoric acid groups is 1. The summed E-state index contributed by atoms with van der Waals surface area (Å²) in [7, 11) is -4.38. The predicted molar refractivity (Wildman–Crippen MR) is 298 cm³/mol. The fourth-order valence-corrected chi connectivity index (χ4v) is 9.83. The molecule has 2 atom stereocenters. The number of ether oxygens (including phenoxy) is 2. The van der Waals surface area contributed by atoms with E-state index in [9.17, 15) is 19.0 Å². The van der Waals surface area contributed by atoms with Crippen LogP contribution < -0.4 is 5.73 Å². The summed E-state index contributed by atoms with van der Waals surface area (Å²) >= 11 is 0. The third-order valence-corrected chi connectivity index (χ3v) is 14.6. The molecule has 9 nitrogen and oxygen atoms in total. The minimum Gasteiger partial charge on any atom is -0.462 e. The number of carbonyl (C=O) groups is 2. The zero-order chi connectivity index (χ0) is 51.0. The SMILES string of the molecule is CCCC/C=C\C/C=C\CCCCCCCC(=O)OC(COC(=O)CCCCCCCCCCCCCCCCCCCCCCCCCCCCCCCCCCCCC)COP(=O)(O)OCCN. The molecule has 0 aromatic heterocycles. The van der Waals surface area contributed by atoms with E-state index in [1.165, 1.54) is 218 Å². The molecule has 0 saturated carbocycles. The Labute approximate surface area is 433 Å². The van der Waals surface area contributed by atoms with Gasteiger partial charge in [0.2, 0.25) is 0 Å². The second-order valence-electron chi connectivity index (χ2n) is 20.6. The van der Waals surface area contributed by atoms with Gasteiger partial charge in [-0.2, -0.15) is 0 Å². The average molecular weight is 1010 g/mol. The Balaban J connectivity index is 3.75. The van der Waals surface area contributed by atoms with Crippen molar-refractivity contribution in [2.24, 2.45) is 5.73 Å². The molecule has 0 aliphatic carbocycles. The van der Waals surface area contributed by atoms with Gasteiger partial charge in [0.1, 0.15) is 6.61 Å². The molecule has 10 heteroatoms. The number of hydrogen-bond acceptors (Lipinski definition) is 8. The second-order valence-corrected chi connectivity index (χ2v) is 22.0. The first-order valence-electron chi connectivity index (χ1n) is 30.3. The maximum Gasteiger partial charge on any atom is 0.472 e. The monoisotopic (exact) mass is 1010 g/mol. The van der Waals surface area contributed by atoms with Crippen molar-refractivity contribution in [1.29, 1.82) is 0 Å². The molecule has 0 aromatic rings. The Morgan fingerprint density at radius 2 is 0.757 bits per heavy atom. The molecule has 2 unspecified atom stereocenters. The quantitative estimate of drug-likeness (QED) is 0.0264. The fourth-order valence-electron chi connectivity index (χ4n) is 9.07. The van der Waals surface area contributed by atoms with Crippen LogP contribution in [0.2, 0.25) is 0 Å². The molecule has 0 spiro atoms. The summed E-state index contributed by atoms with van der Waals surface area (Å²) in [4.78, 5) is 35.1. The summed E-state index contributed by atoms with van der Waals surface area (Å²) < 4.78 is 33.0. The van der Waals surface area contributed by atoms with Crippen molar-refractivity contribution in [2.45, 2.75) is 322 Å². The third kappa shape index (κ3) is 55.8. The molecular weight excluding hydrogens is 894 g/mol. The van der Waals surface area contributed by atoms with Crippen LogP contribution >= 0.6 is 7.82 Å². The van der Waals surface area contributed by atoms with E-state index in [2.05, 4.69) is 38.2 Å². The molecule has 0 amide bonds. The molecule has 0 aliphatic heterocycles. The summed E-state index contributed by atoms with van der Waals surface area (Å²) in [6.45, 7) is 3.73. The van der Waals surface area contributed by atoms with Gasteiger partial charge in [0.05, 0.1) is 13.2 Å². The van der Waals surface area contributed by atoms with Crippen LogP contribution in [0.4, 0.5) is 0 Å². The van der Waals surface area contributed by atoms with E-state index < -0.39 is 26.5 Å². The van der Waals surface area contributed by atoms with Gasteiger partial charge in [0.15, 0.2) is 6.10 Å². The summed E-state index contributed by atoms with van der Waals surface area (Å²) in [5.41, 5.74) is 5.37. The number of rotatable bonds is 58. The molecule has 0 radical (unpaired) electrons. The molecule has 0 heterocycles. The second kappa shape index (κ2) is 56.8. The number of allylic oxidation sites excluding steroid dienone is 4. The standard InChI is InChI=1S/C60H116NO8P/c1-3-5-7-9-11-13-15-17-19-20-21-22-23-24-25-26-27-28-29-30-31-32-33-34-35-36-37-38-39-41-42-44-46-48-50-52-59(62)66-56-58(57-68-70(64,65)67-55-54-61)69-60(63)53-51-49-47-45-43-40-18-16-14-12-10-8-6-4-2/h10,12,16,18,58H,3-9,11,13-15,17,19-57,61H2,1-2H3,(H,64,65)/b12-10-,18-16-. The van der Waals surface area contributed by atoms with Gasteiger partial charge in [-0.15, -0.1) is 0 Å². The molecular formula is C60H116NO8P. The largest absolute Gasteiger partial charge is 0.472 e. The smallest absolute Gasteiger partial charge is 0.462 e. The molecule has 3 N–H and O–H groups in total. The maximum absolute atomic E-state index is 12.6. The lowest BCUT2D eigenvalue weighted by Gasteiger charge is -2.19. The topological polar surface area (TPSA) is 134 Å². The summed E-state index contributed by atoms with van der Waals surface area (Å²) in [5, 5.41) is 0. The molecule has 70 heavy (non-hydrogen) atoms. The number of phosphoric ester groups is 1. The highest BCUT2D eigenvalue weighted by atomic mass is 31.2. The Kier molecular flexibility index (Phi) is 55.6. The van der Waals surface area contributed by atoms with Crippen molar-refractivity contribution in [3.8, 4) is 0 Å². The van der Waals surface area contributed by atoms with E-state index in [1.54, 1.807) is 0 Å². The lowest BCUT2D eigenvalue weighted by atomic mass is 10.0. The van der Waals surface area contributed by atoms with E-state index in [4.69, 9.17) is 24.3 Å². The zero-order valence-electron chi connectivity index (χ0n) is 46.3. The summed E-state index contributed by atoms with van der Waals surface area (Å²) in [5.74, 6) is -0.830. The van der Waals surface area contributed by atoms with Crippen molar-refractivity contribution in [2.75, 3.05) is 26.4 Å². The van der Waals surface area contributed by atoms with Gasteiger partial charge >= 0.3 is 19.8 Å². The van der Waals surface area contributed by atoms with E-state index >= 15 is 0 Å². The van der Waals surface area contributed by atoms with Crippen molar-refractivity contribution < 1.29 is 37.6 Å². The van der Waals surface area contributed by atoms with Crippen LogP contribution in [0.25, 0.3) is 0 Å². The van der Waals surface area contributed by atoms with E-state index in [0.29, 0.717) is 6.42 Å². The fraction of sp³-hybridized carbons (Fsp3) is 0.900. The van der Waals surface area contributed by atoms with Gasteiger partial charge in [0, 0.05) is 19.4 Å². The molecule has 0 bridgehead atoms. The van der Waals surface area contributed by atoms with Gasteiger partial charge in [0.25, 0.3) is 0 Å². The molecule has 0 rings (SSSR count). The Bertz CT molecular complexity index is 1200. The highest BCUT2D eigenvalue weighted by molar-refractivity contribution is 7.47. The maximum atomic E-state index is 12.6. The molecule has 0 saturated heterocycles. The van der Waals surface area contributed by atoms with Crippen LogP contribution in [0.3, 0.4) is 0 Å². The Morgan fingerprint density at radius 1 is 0.429 bits per heavy atom. The van der Waals surface area contributed by atoms with Gasteiger partial charge < -0.3 is 20.1 Å². The van der Waals surface area contributed by atoms with Gasteiger partial charge in [-0.1, -0.05) is 289 Å². The average Bonchev–Trinajstić information content (AvgIpc) is 3.35. The van der Waals surface area contributed by atoms with Gasteiger partial charge in [-0.05, 0) is 38.5 Å². The Morgan fingerprint density at radius 3 is 1.13 bits per heavy atom. The summed E-state index contributed by atoms with van der Waals surface area (Å²) in [6, 6.07) is 0. The first-order valence-corrected chi connectivity index (χ1v) is 31.8. The number of carbonyl (C=O) groups excluding carboxylic acids is 2. The van der Waals surface area contributed by atoms with Gasteiger partial charge in [-0.25, -0.2) is 4.57 Å². The Hall–Kier alpha value is -1.51. The van der Waals surface area contributed by atoms with Crippen molar-refractivity contribution in [3.05, 3.63) is 24.3 Å². The van der Waals surface area contributed by atoms with E-state index in [-0.39, 0.29) is 38.6 Å². The minimum absolute atomic E-state index is 0.0528. The van der Waals surface area contributed by atoms with E-state index in [1.807, 2.05) is 0 Å². The van der Waals surface area contributed by atoms with Crippen molar-refractivity contribution in [3.63, 3.8) is 0 Å². The lowest BCUT2D eigenvalue weighted by molar-refractivity contribution is -0.161. The number of hydrogen-bond donors (Lipinski definition) is 2. The van der Waals surface area contributed by atoms with Crippen LogP contribution in [-0.2, 0) is 32.7 Å². The third-order valence-electron chi connectivity index (χ3n) is 13.6. The number of nitrogens with two attached hydrogens (primary N) is 1. The molecule has 0 aromatic carbocycles. The molecule has 0 aliphatic rings. The lowest BCUT2D eigenvalue weighted by Crippen LogP contribution is -2.29. The predicted octanol–water partition coefficient (Wildman–Crippen LogP) is 19.0. The van der Waals surface area contributed by atoms with Crippen LogP contribution in [0.1, 0.15) is 316 Å². The first kappa shape index (κ1) is 68.5.